The topological polar surface area (TPSA) is 75.1 Å². The summed E-state index contributed by atoms with van der Waals surface area (Å²) >= 11 is 3.85. The van der Waals surface area contributed by atoms with Gasteiger partial charge in [-0.25, -0.2) is 4.79 Å². The third kappa shape index (κ3) is 3.50. The molecule has 1 unspecified atom stereocenters. The molecule has 0 aliphatic carbocycles. The summed E-state index contributed by atoms with van der Waals surface area (Å²) in [6, 6.07) is 1.46. The van der Waals surface area contributed by atoms with E-state index < -0.39 is 5.97 Å². The molecule has 1 aromatic rings. The predicted octanol–water partition coefficient (Wildman–Crippen LogP) is 1.44. The summed E-state index contributed by atoms with van der Waals surface area (Å²) in [5.74, 6) is 2.83. The predicted molar refractivity (Wildman–Crippen MR) is 71.1 cm³/mol. The van der Waals surface area contributed by atoms with Crippen LogP contribution >= 0.6 is 23.5 Å². The van der Waals surface area contributed by atoms with E-state index in [0.717, 1.165) is 18.1 Å². The molecule has 5 nitrogen and oxygen atoms in total. The summed E-state index contributed by atoms with van der Waals surface area (Å²) in [4.78, 5) is 11.0. The fourth-order valence-electron chi connectivity index (χ4n) is 1.50. The fraction of sp³-hybridized carbons (Fsp3) is 0.500. The Morgan fingerprint density at radius 1 is 1.59 bits per heavy atom. The van der Waals surface area contributed by atoms with Crippen LogP contribution in [0.2, 0.25) is 0 Å². The van der Waals surface area contributed by atoms with Crippen molar-refractivity contribution in [1.82, 2.24) is 10.2 Å². The quantitative estimate of drug-likeness (QED) is 0.858. The van der Waals surface area contributed by atoms with Gasteiger partial charge in [-0.05, 0) is 6.07 Å². The third-order valence-electron chi connectivity index (χ3n) is 2.33. The van der Waals surface area contributed by atoms with Crippen LogP contribution in [0.5, 0.6) is 0 Å². The van der Waals surface area contributed by atoms with Crippen LogP contribution in [0.15, 0.2) is 12.3 Å². The molecule has 1 aliphatic rings. The highest BCUT2D eigenvalue weighted by atomic mass is 32.2. The number of hydrogen-bond donors (Lipinski definition) is 2. The van der Waals surface area contributed by atoms with Crippen molar-refractivity contribution >= 4 is 35.3 Å². The van der Waals surface area contributed by atoms with Gasteiger partial charge in [0.2, 0.25) is 0 Å². The van der Waals surface area contributed by atoms with Crippen molar-refractivity contribution in [1.29, 1.82) is 0 Å². The summed E-state index contributed by atoms with van der Waals surface area (Å²) in [5, 5.41) is 20.1. The van der Waals surface area contributed by atoms with Gasteiger partial charge in [0, 0.05) is 29.1 Å². The Hall–Kier alpha value is -0.950. The highest BCUT2D eigenvalue weighted by Crippen LogP contribution is 2.24. The van der Waals surface area contributed by atoms with Gasteiger partial charge in [0.05, 0.1) is 6.20 Å². The first-order chi connectivity index (χ1) is 8.27. The molecule has 0 aromatic carbocycles. The van der Waals surface area contributed by atoms with E-state index in [-0.39, 0.29) is 5.56 Å². The second-order valence-corrected chi connectivity index (χ2v) is 6.11. The first-order valence-corrected chi connectivity index (χ1v) is 7.46. The van der Waals surface area contributed by atoms with Crippen molar-refractivity contribution in [3.05, 3.63) is 17.8 Å². The lowest BCUT2D eigenvalue weighted by Crippen LogP contribution is -2.24. The molecule has 0 spiro atoms. The molecular formula is C10H13N3O2S2. The number of carboxylic acid groups (broad SMARTS) is 1. The maximum absolute atomic E-state index is 11.0. The Kier molecular flexibility index (Phi) is 4.49. The molecule has 17 heavy (non-hydrogen) atoms. The molecule has 1 aromatic heterocycles. The van der Waals surface area contributed by atoms with Gasteiger partial charge in [-0.15, -0.1) is 5.10 Å². The second kappa shape index (κ2) is 6.11. The molecule has 2 rings (SSSR count). The molecule has 0 amide bonds. The first-order valence-electron chi connectivity index (χ1n) is 5.25. The van der Waals surface area contributed by atoms with E-state index >= 15 is 0 Å². The van der Waals surface area contributed by atoms with Crippen molar-refractivity contribution in [2.75, 3.05) is 29.1 Å². The normalized spacial score (nSPS) is 19.9. The first kappa shape index (κ1) is 12.5. The highest BCUT2D eigenvalue weighted by molar-refractivity contribution is 8.06. The van der Waals surface area contributed by atoms with Crippen molar-refractivity contribution in [2.24, 2.45) is 0 Å². The minimum atomic E-state index is -0.979. The Bertz CT molecular complexity index is 397. The number of hydrogen-bond acceptors (Lipinski definition) is 6. The third-order valence-corrected chi connectivity index (χ3v) is 5.18. The monoisotopic (exact) mass is 271 g/mol. The molecular weight excluding hydrogens is 258 g/mol. The van der Waals surface area contributed by atoms with Crippen molar-refractivity contribution in [3.8, 4) is 0 Å². The van der Waals surface area contributed by atoms with Gasteiger partial charge < -0.3 is 10.4 Å². The standard InChI is InChI=1S/C10H13N3O2S2/c14-10(15)8-1-2-12-13-9(8)11-5-7-6-16-3-4-17-7/h1-2,7H,3-6H2,(H,11,13)(H,14,15). The van der Waals surface area contributed by atoms with E-state index in [2.05, 4.69) is 15.5 Å². The largest absolute Gasteiger partial charge is 0.478 e. The minimum Gasteiger partial charge on any atom is -0.478 e. The number of aromatic nitrogens is 2. The Morgan fingerprint density at radius 2 is 2.47 bits per heavy atom. The molecule has 0 radical (unpaired) electrons. The van der Waals surface area contributed by atoms with E-state index in [1.54, 1.807) is 0 Å². The summed E-state index contributed by atoms with van der Waals surface area (Å²) in [5.41, 5.74) is 0.175. The van der Waals surface area contributed by atoms with E-state index in [9.17, 15) is 4.79 Å². The average Bonchev–Trinajstić information content (AvgIpc) is 2.38. The van der Waals surface area contributed by atoms with Crippen LogP contribution in [0.3, 0.4) is 0 Å². The van der Waals surface area contributed by atoms with Crippen LogP contribution in [-0.2, 0) is 0 Å². The van der Waals surface area contributed by atoms with Gasteiger partial charge in [-0.1, -0.05) is 0 Å². The van der Waals surface area contributed by atoms with Crippen LogP contribution in [0.1, 0.15) is 10.4 Å². The number of anilines is 1. The molecule has 2 heterocycles. The lowest BCUT2D eigenvalue weighted by molar-refractivity contribution is 0.0697. The fourth-order valence-corrected chi connectivity index (χ4v) is 4.11. The zero-order valence-electron chi connectivity index (χ0n) is 9.13. The maximum atomic E-state index is 11.0. The molecule has 1 aliphatic heterocycles. The van der Waals surface area contributed by atoms with Crippen LogP contribution in [0.4, 0.5) is 5.82 Å². The van der Waals surface area contributed by atoms with E-state index in [0.29, 0.717) is 11.1 Å². The number of aromatic carboxylic acids is 1. The van der Waals surface area contributed by atoms with Crippen molar-refractivity contribution < 1.29 is 9.90 Å². The second-order valence-electron chi connectivity index (χ2n) is 3.55. The maximum Gasteiger partial charge on any atom is 0.339 e. The van der Waals surface area contributed by atoms with Crippen LogP contribution in [0, 0.1) is 0 Å². The summed E-state index contributed by atoms with van der Waals surface area (Å²) in [6.45, 7) is 0.733. The molecule has 92 valence electrons. The van der Waals surface area contributed by atoms with Crippen LogP contribution in [0.25, 0.3) is 0 Å². The Labute approximate surface area is 108 Å². The number of carboxylic acids is 1. The molecule has 1 atom stereocenters. The zero-order valence-corrected chi connectivity index (χ0v) is 10.8. The van der Waals surface area contributed by atoms with Crippen molar-refractivity contribution in [3.63, 3.8) is 0 Å². The van der Waals surface area contributed by atoms with Gasteiger partial charge in [-0.2, -0.15) is 28.6 Å². The van der Waals surface area contributed by atoms with Gasteiger partial charge in [0.15, 0.2) is 5.82 Å². The SMILES string of the molecule is O=C(O)c1ccnnc1NCC1CSCCS1. The van der Waals surface area contributed by atoms with E-state index in [1.165, 1.54) is 18.0 Å². The lowest BCUT2D eigenvalue weighted by atomic mass is 10.3. The molecule has 1 fully saturated rings. The zero-order chi connectivity index (χ0) is 12.1. The number of nitrogens with one attached hydrogen (secondary N) is 1. The lowest BCUT2D eigenvalue weighted by Gasteiger charge is -2.21. The van der Waals surface area contributed by atoms with E-state index in [1.807, 2.05) is 23.5 Å². The Balaban J connectivity index is 1.96. The van der Waals surface area contributed by atoms with Crippen LogP contribution in [-0.4, -0.2) is 50.3 Å². The number of nitrogens with zero attached hydrogens (tertiary/aromatic N) is 2. The molecule has 2 N–H and O–H groups in total. The van der Waals surface area contributed by atoms with Gasteiger partial charge in [0.25, 0.3) is 0 Å². The average molecular weight is 271 g/mol. The molecule has 0 bridgehead atoms. The smallest absolute Gasteiger partial charge is 0.339 e. The van der Waals surface area contributed by atoms with Crippen molar-refractivity contribution in [2.45, 2.75) is 5.25 Å². The van der Waals surface area contributed by atoms with Gasteiger partial charge in [0.1, 0.15) is 5.56 Å². The summed E-state index contributed by atoms with van der Waals surface area (Å²) in [7, 11) is 0. The van der Waals surface area contributed by atoms with E-state index in [4.69, 9.17) is 5.11 Å². The molecule has 7 heteroatoms. The van der Waals surface area contributed by atoms with Gasteiger partial charge in [-0.3, -0.25) is 0 Å². The Morgan fingerprint density at radius 3 is 3.18 bits per heavy atom. The molecule has 0 saturated carbocycles. The summed E-state index contributed by atoms with van der Waals surface area (Å²) in [6.07, 6.45) is 1.39. The minimum absolute atomic E-state index is 0.175. The number of rotatable bonds is 4. The number of thioether (sulfide) groups is 2. The molecule has 1 saturated heterocycles. The van der Waals surface area contributed by atoms with Gasteiger partial charge >= 0.3 is 5.97 Å². The van der Waals surface area contributed by atoms with Crippen LogP contribution < -0.4 is 5.32 Å². The summed E-state index contributed by atoms with van der Waals surface area (Å²) < 4.78 is 0. The highest BCUT2D eigenvalue weighted by Gasteiger charge is 2.16. The number of carbonyl (C=O) groups is 1.